The number of benzene rings is 1. The number of fused-ring (bicyclic) bond motifs is 1. The topological polar surface area (TPSA) is 70.1 Å². The van der Waals surface area contributed by atoms with Crippen molar-refractivity contribution in [1.29, 1.82) is 0 Å². The van der Waals surface area contributed by atoms with Crippen LogP contribution in [-0.4, -0.2) is 21.8 Å². The van der Waals surface area contributed by atoms with Crippen molar-refractivity contribution in [2.75, 3.05) is 0 Å². The summed E-state index contributed by atoms with van der Waals surface area (Å²) in [6, 6.07) is 5.95. The van der Waals surface area contributed by atoms with Crippen LogP contribution in [0.2, 0.25) is 0 Å². The summed E-state index contributed by atoms with van der Waals surface area (Å²) in [5.74, 6) is -0.626. The number of aromatic amines is 1. The lowest BCUT2D eigenvalue weighted by Gasteiger charge is -2.02. The number of carbonyl (C=O) groups excluding carboxylic acids is 1. The first-order valence-corrected chi connectivity index (χ1v) is 6.82. The Hall–Kier alpha value is -2.50. The van der Waals surface area contributed by atoms with Gasteiger partial charge in [0.1, 0.15) is 5.82 Å². The molecular weight excluding hydrogens is 271 g/mol. The van der Waals surface area contributed by atoms with Gasteiger partial charge in [0.15, 0.2) is 5.69 Å². The third-order valence-corrected chi connectivity index (χ3v) is 3.61. The van der Waals surface area contributed by atoms with Gasteiger partial charge in [-0.3, -0.25) is 9.89 Å². The third kappa shape index (κ3) is 2.69. The molecule has 5 nitrogen and oxygen atoms in total. The molecule has 2 aromatic rings. The first-order valence-electron chi connectivity index (χ1n) is 6.82. The number of halogens is 1. The minimum absolute atomic E-state index is 0.303. The number of nitrogens with zero attached hydrogens (tertiary/aromatic N) is 2. The van der Waals surface area contributed by atoms with Crippen LogP contribution in [0.25, 0.3) is 0 Å². The van der Waals surface area contributed by atoms with Crippen LogP contribution in [0.1, 0.15) is 40.7 Å². The number of carbonyl (C=O) groups is 1. The fourth-order valence-corrected chi connectivity index (χ4v) is 2.45. The lowest BCUT2D eigenvalue weighted by molar-refractivity contribution is 0.0949. The van der Waals surface area contributed by atoms with E-state index in [4.69, 9.17) is 0 Å². The molecule has 0 saturated heterocycles. The van der Waals surface area contributed by atoms with Crippen LogP contribution >= 0.6 is 0 Å². The van der Waals surface area contributed by atoms with Crippen molar-refractivity contribution < 1.29 is 9.18 Å². The Bertz CT molecular complexity index is 703. The Morgan fingerprint density at radius 2 is 2.10 bits per heavy atom. The molecular formula is C15H15FN4O. The van der Waals surface area contributed by atoms with E-state index in [1.165, 1.54) is 12.1 Å². The summed E-state index contributed by atoms with van der Waals surface area (Å²) in [6.45, 7) is 1.75. The maximum absolute atomic E-state index is 12.9. The second-order valence-electron chi connectivity index (χ2n) is 5.03. The zero-order valence-corrected chi connectivity index (χ0v) is 11.6. The second-order valence-corrected chi connectivity index (χ2v) is 5.03. The minimum atomic E-state index is -0.323. The van der Waals surface area contributed by atoms with E-state index in [2.05, 4.69) is 20.7 Å². The number of nitrogens with one attached hydrogen (secondary N) is 2. The van der Waals surface area contributed by atoms with Crippen molar-refractivity contribution in [3.8, 4) is 0 Å². The predicted molar refractivity (Wildman–Crippen MR) is 76.7 cm³/mol. The van der Waals surface area contributed by atoms with Gasteiger partial charge in [0.25, 0.3) is 5.91 Å². The monoisotopic (exact) mass is 286 g/mol. The fraction of sp³-hybridized carbons (Fsp3) is 0.267. The molecule has 1 aliphatic carbocycles. The third-order valence-electron chi connectivity index (χ3n) is 3.61. The van der Waals surface area contributed by atoms with Crippen LogP contribution in [0, 0.1) is 5.82 Å². The van der Waals surface area contributed by atoms with E-state index in [1.807, 2.05) is 0 Å². The number of rotatable bonds is 3. The highest BCUT2D eigenvalue weighted by Gasteiger charge is 2.22. The Balaban J connectivity index is 1.72. The van der Waals surface area contributed by atoms with E-state index in [-0.39, 0.29) is 11.7 Å². The molecule has 6 heteroatoms. The molecule has 1 amide bonds. The zero-order chi connectivity index (χ0) is 14.8. The number of hydrazone groups is 1. The van der Waals surface area contributed by atoms with E-state index in [1.54, 1.807) is 19.1 Å². The fourth-order valence-electron chi connectivity index (χ4n) is 2.45. The van der Waals surface area contributed by atoms with Crippen molar-refractivity contribution in [2.45, 2.75) is 26.2 Å². The maximum atomic E-state index is 12.9. The highest BCUT2D eigenvalue weighted by atomic mass is 19.1. The molecule has 0 fully saturated rings. The molecule has 1 aromatic carbocycles. The molecule has 1 heterocycles. The minimum Gasteiger partial charge on any atom is -0.281 e. The van der Waals surface area contributed by atoms with Gasteiger partial charge in [-0.1, -0.05) is 12.1 Å². The van der Waals surface area contributed by atoms with Gasteiger partial charge in [-0.15, -0.1) is 0 Å². The van der Waals surface area contributed by atoms with Crippen molar-refractivity contribution in [3.63, 3.8) is 0 Å². The molecule has 1 aliphatic rings. The van der Waals surface area contributed by atoms with E-state index in [0.29, 0.717) is 11.4 Å². The van der Waals surface area contributed by atoms with Gasteiger partial charge in [0, 0.05) is 11.3 Å². The molecule has 0 bridgehead atoms. The Morgan fingerprint density at radius 3 is 2.86 bits per heavy atom. The van der Waals surface area contributed by atoms with Gasteiger partial charge in [-0.05, 0) is 43.9 Å². The summed E-state index contributed by atoms with van der Waals surface area (Å²) in [5, 5.41) is 11.0. The Labute approximate surface area is 121 Å². The molecule has 1 aromatic heterocycles. The number of hydrogen-bond donors (Lipinski definition) is 2. The predicted octanol–water partition coefficient (Wildman–Crippen LogP) is 2.19. The number of aryl methyl sites for hydroxylation is 1. The van der Waals surface area contributed by atoms with Crippen LogP contribution in [-0.2, 0) is 12.8 Å². The summed E-state index contributed by atoms with van der Waals surface area (Å²) < 4.78 is 12.9. The van der Waals surface area contributed by atoms with Crippen LogP contribution in [0.3, 0.4) is 0 Å². The molecule has 0 saturated carbocycles. The highest BCUT2D eigenvalue weighted by molar-refractivity contribution is 6.00. The number of aromatic nitrogens is 2. The van der Waals surface area contributed by atoms with Crippen molar-refractivity contribution >= 4 is 11.6 Å². The molecule has 3 rings (SSSR count). The first-order chi connectivity index (χ1) is 10.1. The number of hydrogen-bond acceptors (Lipinski definition) is 3. The van der Waals surface area contributed by atoms with Gasteiger partial charge < -0.3 is 0 Å². The van der Waals surface area contributed by atoms with Gasteiger partial charge in [0.05, 0.1) is 5.71 Å². The van der Waals surface area contributed by atoms with Crippen LogP contribution in [0.4, 0.5) is 4.39 Å². The zero-order valence-electron chi connectivity index (χ0n) is 11.6. The molecule has 0 atom stereocenters. The molecule has 0 unspecified atom stereocenters. The van der Waals surface area contributed by atoms with Crippen LogP contribution in [0.5, 0.6) is 0 Å². The number of H-pyrrole nitrogens is 1. The Morgan fingerprint density at radius 1 is 1.33 bits per heavy atom. The lowest BCUT2D eigenvalue weighted by atomic mass is 10.1. The first kappa shape index (κ1) is 13.5. The standard InChI is InChI=1S/C15H15FN4O/c1-9(10-5-7-11(16)8-6-10)17-20-15(21)14-12-3-2-4-13(12)18-19-14/h5-8H,2-4H2,1H3,(H,18,19)(H,20,21). The van der Waals surface area contributed by atoms with E-state index < -0.39 is 0 Å². The molecule has 21 heavy (non-hydrogen) atoms. The normalized spacial score (nSPS) is 14.1. The van der Waals surface area contributed by atoms with Gasteiger partial charge in [-0.2, -0.15) is 10.2 Å². The van der Waals surface area contributed by atoms with Gasteiger partial charge >= 0.3 is 0 Å². The van der Waals surface area contributed by atoms with Crippen LogP contribution in [0.15, 0.2) is 29.4 Å². The van der Waals surface area contributed by atoms with E-state index in [9.17, 15) is 9.18 Å². The molecule has 0 aliphatic heterocycles. The molecule has 0 radical (unpaired) electrons. The van der Waals surface area contributed by atoms with Gasteiger partial charge in [0.2, 0.25) is 0 Å². The lowest BCUT2D eigenvalue weighted by Crippen LogP contribution is -2.21. The largest absolute Gasteiger partial charge is 0.292 e. The summed E-state index contributed by atoms with van der Waals surface area (Å²) in [5.41, 5.74) is 6.31. The average Bonchev–Trinajstić information content (AvgIpc) is 3.08. The summed E-state index contributed by atoms with van der Waals surface area (Å²) in [4.78, 5) is 12.1. The second kappa shape index (κ2) is 5.47. The smallest absolute Gasteiger partial charge is 0.281 e. The van der Waals surface area contributed by atoms with Gasteiger partial charge in [-0.25, -0.2) is 9.82 Å². The number of amides is 1. The maximum Gasteiger partial charge on any atom is 0.292 e. The summed E-state index contributed by atoms with van der Waals surface area (Å²) >= 11 is 0. The van der Waals surface area contributed by atoms with Crippen molar-refractivity contribution in [3.05, 3.63) is 52.6 Å². The summed E-state index contributed by atoms with van der Waals surface area (Å²) in [7, 11) is 0. The van der Waals surface area contributed by atoms with E-state index in [0.717, 1.165) is 36.1 Å². The van der Waals surface area contributed by atoms with Crippen molar-refractivity contribution in [1.82, 2.24) is 15.6 Å². The molecule has 0 spiro atoms. The van der Waals surface area contributed by atoms with E-state index >= 15 is 0 Å². The quantitative estimate of drug-likeness (QED) is 0.670. The van der Waals surface area contributed by atoms with Crippen LogP contribution < -0.4 is 5.43 Å². The van der Waals surface area contributed by atoms with Crippen molar-refractivity contribution in [2.24, 2.45) is 5.10 Å². The average molecular weight is 286 g/mol. The highest BCUT2D eigenvalue weighted by Crippen LogP contribution is 2.22. The molecule has 2 N–H and O–H groups in total. The molecule has 108 valence electrons. The summed E-state index contributed by atoms with van der Waals surface area (Å²) in [6.07, 6.45) is 2.85. The Kier molecular flexibility index (Phi) is 3.51. The SMILES string of the molecule is CC(=NNC(=O)c1n[nH]c2c1CCC2)c1ccc(F)cc1.